The predicted octanol–water partition coefficient (Wildman–Crippen LogP) is 0.485. The van der Waals surface area contributed by atoms with Crippen LogP contribution in [0.5, 0.6) is 0 Å². The van der Waals surface area contributed by atoms with Gasteiger partial charge in [0.1, 0.15) is 0 Å². The van der Waals surface area contributed by atoms with Crippen LogP contribution >= 0.6 is 0 Å². The summed E-state index contributed by atoms with van der Waals surface area (Å²) >= 11 is 0. The average Bonchev–Trinajstić information content (AvgIpc) is 2.46. The lowest BCUT2D eigenvalue weighted by Crippen LogP contribution is -2.25. The highest BCUT2D eigenvalue weighted by molar-refractivity contribution is 7.91. The van der Waals surface area contributed by atoms with E-state index in [9.17, 15) is 13.2 Å². The van der Waals surface area contributed by atoms with Gasteiger partial charge in [0.15, 0.2) is 9.84 Å². The summed E-state index contributed by atoms with van der Waals surface area (Å²) in [6, 6.07) is 7.80. The fraction of sp³-hybridized carbons (Fsp3) is 0.385. The number of esters is 1. The van der Waals surface area contributed by atoms with Crippen LogP contribution in [-0.4, -0.2) is 40.3 Å². The van der Waals surface area contributed by atoms with E-state index < -0.39 is 9.84 Å². The molecule has 0 aliphatic rings. The summed E-state index contributed by atoms with van der Waals surface area (Å²) in [5.41, 5.74) is 0.310. The van der Waals surface area contributed by atoms with Crippen molar-refractivity contribution in [2.45, 2.75) is 11.3 Å². The molecule has 20 heavy (non-hydrogen) atoms. The van der Waals surface area contributed by atoms with E-state index in [0.717, 1.165) is 0 Å². The molecule has 0 heterocycles. The first-order chi connectivity index (χ1) is 9.49. The molecule has 0 spiro atoms. The largest absolute Gasteiger partial charge is 0.469 e. The number of nitrogens with zero attached hydrogens (tertiary/aromatic N) is 1. The molecule has 0 saturated heterocycles. The summed E-state index contributed by atoms with van der Waals surface area (Å²) in [5, 5.41) is 11.6. The van der Waals surface area contributed by atoms with Gasteiger partial charge in [0, 0.05) is 13.1 Å². The van der Waals surface area contributed by atoms with Gasteiger partial charge in [0.25, 0.3) is 0 Å². The number of sulfone groups is 1. The molecule has 0 aliphatic carbocycles. The summed E-state index contributed by atoms with van der Waals surface area (Å²) in [6.07, 6.45) is 0.195. The minimum Gasteiger partial charge on any atom is -0.469 e. The second-order valence-electron chi connectivity index (χ2n) is 4.03. The SMILES string of the molecule is COC(=O)CCNCCS(=O)(=O)c1cccc(C#N)c1. The van der Waals surface area contributed by atoms with Gasteiger partial charge in [0.2, 0.25) is 0 Å². The van der Waals surface area contributed by atoms with Crippen LogP contribution in [0, 0.1) is 11.3 Å². The van der Waals surface area contributed by atoms with Crippen molar-refractivity contribution in [2.75, 3.05) is 26.0 Å². The Bertz CT molecular complexity index is 605. The molecule has 0 unspecified atom stereocenters. The number of hydrogen-bond acceptors (Lipinski definition) is 6. The van der Waals surface area contributed by atoms with Gasteiger partial charge in [-0.2, -0.15) is 5.26 Å². The number of carbonyl (C=O) groups excluding carboxylic acids is 1. The van der Waals surface area contributed by atoms with E-state index in [4.69, 9.17) is 5.26 Å². The first-order valence-electron chi connectivity index (χ1n) is 6.00. The molecule has 1 aromatic rings. The summed E-state index contributed by atoms with van der Waals surface area (Å²) in [6.45, 7) is 0.594. The zero-order valence-electron chi connectivity index (χ0n) is 11.1. The van der Waals surface area contributed by atoms with E-state index in [0.29, 0.717) is 12.1 Å². The van der Waals surface area contributed by atoms with Crippen molar-refractivity contribution in [3.05, 3.63) is 29.8 Å². The third-order valence-electron chi connectivity index (χ3n) is 2.60. The van der Waals surface area contributed by atoms with Crippen molar-refractivity contribution in [3.8, 4) is 6.07 Å². The van der Waals surface area contributed by atoms with Crippen LogP contribution < -0.4 is 5.32 Å². The van der Waals surface area contributed by atoms with Gasteiger partial charge < -0.3 is 10.1 Å². The number of rotatable bonds is 7. The number of hydrogen-bond donors (Lipinski definition) is 1. The molecule has 0 aromatic heterocycles. The van der Waals surface area contributed by atoms with Gasteiger partial charge in [-0.3, -0.25) is 4.79 Å². The third-order valence-corrected chi connectivity index (χ3v) is 4.32. The minimum absolute atomic E-state index is 0.0942. The number of methoxy groups -OCH3 is 1. The maximum atomic E-state index is 12.0. The van der Waals surface area contributed by atoms with Crippen molar-refractivity contribution in [1.29, 1.82) is 5.26 Å². The number of ether oxygens (including phenoxy) is 1. The molecule has 0 atom stereocenters. The van der Waals surface area contributed by atoms with Crippen LogP contribution in [0.1, 0.15) is 12.0 Å². The Hall–Kier alpha value is -1.91. The number of nitrogens with one attached hydrogen (secondary N) is 1. The van der Waals surface area contributed by atoms with Gasteiger partial charge in [-0.1, -0.05) is 6.07 Å². The Morgan fingerprint density at radius 1 is 1.40 bits per heavy atom. The maximum absolute atomic E-state index is 12.0. The van der Waals surface area contributed by atoms with Crippen LogP contribution in [0.4, 0.5) is 0 Å². The zero-order chi connectivity index (χ0) is 15.0. The number of carbonyl (C=O) groups is 1. The number of benzene rings is 1. The second kappa shape index (κ2) is 7.62. The molecule has 0 bridgehead atoms. The fourth-order valence-corrected chi connectivity index (χ4v) is 2.74. The third kappa shape index (κ3) is 4.99. The van der Waals surface area contributed by atoms with Crippen molar-refractivity contribution < 1.29 is 17.9 Å². The minimum atomic E-state index is -3.43. The van der Waals surface area contributed by atoms with E-state index in [1.807, 2.05) is 6.07 Å². The van der Waals surface area contributed by atoms with Crippen molar-refractivity contribution in [1.82, 2.24) is 5.32 Å². The van der Waals surface area contributed by atoms with E-state index in [-0.39, 0.29) is 29.6 Å². The summed E-state index contributed by atoms with van der Waals surface area (Å²) in [5.74, 6) is -0.439. The van der Waals surface area contributed by atoms with Crippen molar-refractivity contribution in [3.63, 3.8) is 0 Å². The van der Waals surface area contributed by atoms with Crippen molar-refractivity contribution in [2.24, 2.45) is 0 Å². The van der Waals surface area contributed by atoms with Crippen LogP contribution in [-0.2, 0) is 19.4 Å². The van der Waals surface area contributed by atoms with Gasteiger partial charge in [0.05, 0.1) is 35.8 Å². The Balaban J connectivity index is 2.50. The molecule has 1 aromatic carbocycles. The van der Waals surface area contributed by atoms with E-state index in [1.165, 1.54) is 25.3 Å². The average molecular weight is 296 g/mol. The van der Waals surface area contributed by atoms with Crippen LogP contribution in [0.15, 0.2) is 29.2 Å². The molecule has 1 N–H and O–H groups in total. The molecule has 6 nitrogen and oxygen atoms in total. The topological polar surface area (TPSA) is 96.3 Å². The highest BCUT2D eigenvalue weighted by atomic mass is 32.2. The molecular weight excluding hydrogens is 280 g/mol. The monoisotopic (exact) mass is 296 g/mol. The van der Waals surface area contributed by atoms with E-state index in [2.05, 4.69) is 10.1 Å². The Morgan fingerprint density at radius 3 is 2.80 bits per heavy atom. The normalized spacial score (nSPS) is 10.8. The molecule has 7 heteroatoms. The molecule has 0 fully saturated rings. The molecule has 1 rings (SSSR count). The zero-order valence-corrected chi connectivity index (χ0v) is 11.9. The lowest BCUT2D eigenvalue weighted by Gasteiger charge is -2.06. The van der Waals surface area contributed by atoms with Crippen LogP contribution in [0.2, 0.25) is 0 Å². The fourth-order valence-electron chi connectivity index (χ4n) is 1.50. The Labute approximate surface area is 118 Å². The standard InChI is InChI=1S/C13H16N2O4S/c1-19-13(16)5-6-15-7-8-20(17,18)12-4-2-3-11(9-12)10-14/h2-4,9,15H,5-8H2,1H3. The predicted molar refractivity (Wildman–Crippen MR) is 72.7 cm³/mol. The van der Waals surface area contributed by atoms with Gasteiger partial charge >= 0.3 is 5.97 Å². The van der Waals surface area contributed by atoms with Gasteiger partial charge in [-0.25, -0.2) is 8.42 Å². The summed E-state index contributed by atoms with van der Waals surface area (Å²) in [7, 11) is -2.13. The summed E-state index contributed by atoms with van der Waals surface area (Å²) < 4.78 is 28.5. The molecule has 0 saturated carbocycles. The van der Waals surface area contributed by atoms with Crippen LogP contribution in [0.3, 0.4) is 0 Å². The summed E-state index contributed by atoms with van der Waals surface area (Å²) in [4.78, 5) is 11.0. The second-order valence-corrected chi connectivity index (χ2v) is 6.14. The van der Waals surface area contributed by atoms with Crippen LogP contribution in [0.25, 0.3) is 0 Å². The highest BCUT2D eigenvalue weighted by Crippen LogP contribution is 2.12. The smallest absolute Gasteiger partial charge is 0.306 e. The van der Waals surface area contributed by atoms with Gasteiger partial charge in [-0.15, -0.1) is 0 Å². The number of nitriles is 1. The lowest BCUT2D eigenvalue weighted by atomic mass is 10.2. The van der Waals surface area contributed by atoms with Crippen molar-refractivity contribution >= 4 is 15.8 Å². The molecule has 108 valence electrons. The molecule has 0 aliphatic heterocycles. The highest BCUT2D eigenvalue weighted by Gasteiger charge is 2.14. The molecule has 0 amide bonds. The van der Waals surface area contributed by atoms with E-state index >= 15 is 0 Å². The lowest BCUT2D eigenvalue weighted by molar-refractivity contribution is -0.140. The quantitative estimate of drug-likeness (QED) is 0.581. The first kappa shape index (κ1) is 16.1. The molecule has 0 radical (unpaired) electrons. The van der Waals surface area contributed by atoms with E-state index in [1.54, 1.807) is 6.07 Å². The first-order valence-corrected chi connectivity index (χ1v) is 7.65. The Kier molecular flexibility index (Phi) is 6.15. The molecular formula is C13H16N2O4S. The van der Waals surface area contributed by atoms with Gasteiger partial charge in [-0.05, 0) is 18.2 Å². The maximum Gasteiger partial charge on any atom is 0.306 e. The Morgan fingerprint density at radius 2 is 2.15 bits per heavy atom.